The van der Waals surface area contributed by atoms with Gasteiger partial charge in [-0.2, -0.15) is 0 Å². The minimum Gasteiger partial charge on any atom is -0.507 e. The molecular formula is C21H22O4. The van der Waals surface area contributed by atoms with Crippen LogP contribution in [0.4, 0.5) is 0 Å². The molecule has 0 saturated carbocycles. The number of aromatic hydroxyl groups is 2. The number of methoxy groups -OCH3 is 1. The summed E-state index contributed by atoms with van der Waals surface area (Å²) >= 11 is 0. The van der Waals surface area contributed by atoms with Gasteiger partial charge in [0, 0.05) is 5.56 Å². The lowest BCUT2D eigenvalue weighted by Gasteiger charge is -2.07. The maximum Gasteiger partial charge on any atom is 0.337 e. The van der Waals surface area contributed by atoms with Crippen LogP contribution in [0.25, 0.3) is 12.2 Å². The van der Waals surface area contributed by atoms with Crippen LogP contribution >= 0.6 is 0 Å². The number of benzene rings is 2. The van der Waals surface area contributed by atoms with Crippen LogP contribution in [0.1, 0.15) is 40.9 Å². The van der Waals surface area contributed by atoms with Crippen LogP contribution in [-0.4, -0.2) is 23.3 Å². The van der Waals surface area contributed by atoms with Gasteiger partial charge in [0.1, 0.15) is 11.5 Å². The zero-order valence-corrected chi connectivity index (χ0v) is 14.6. The van der Waals surface area contributed by atoms with Crippen LogP contribution in [0.15, 0.2) is 48.0 Å². The average Bonchev–Trinajstić information content (AvgIpc) is 2.58. The van der Waals surface area contributed by atoms with Crippen molar-refractivity contribution in [2.45, 2.75) is 20.3 Å². The summed E-state index contributed by atoms with van der Waals surface area (Å²) in [6.45, 7) is 3.94. The molecule has 2 N–H and O–H groups in total. The molecule has 0 bridgehead atoms. The van der Waals surface area contributed by atoms with Gasteiger partial charge in [0.15, 0.2) is 0 Å². The van der Waals surface area contributed by atoms with Crippen molar-refractivity contribution < 1.29 is 19.7 Å². The Bertz CT molecular complexity index is 787. The highest BCUT2D eigenvalue weighted by Crippen LogP contribution is 2.30. The highest BCUT2D eigenvalue weighted by Gasteiger charge is 2.08. The number of allylic oxidation sites excluding steroid dienone is 2. The normalized spacial score (nSPS) is 10.7. The monoisotopic (exact) mass is 338 g/mol. The van der Waals surface area contributed by atoms with Crippen molar-refractivity contribution in [2.75, 3.05) is 7.11 Å². The molecule has 0 aliphatic rings. The van der Waals surface area contributed by atoms with E-state index < -0.39 is 0 Å². The fourth-order valence-corrected chi connectivity index (χ4v) is 2.32. The molecule has 4 heteroatoms. The second-order valence-electron chi connectivity index (χ2n) is 5.97. The molecule has 0 radical (unpaired) electrons. The van der Waals surface area contributed by atoms with E-state index in [0.717, 1.165) is 11.1 Å². The third kappa shape index (κ3) is 4.98. The third-order valence-electron chi connectivity index (χ3n) is 3.74. The van der Waals surface area contributed by atoms with E-state index in [1.807, 2.05) is 26.0 Å². The number of rotatable bonds is 5. The molecule has 25 heavy (non-hydrogen) atoms. The summed E-state index contributed by atoms with van der Waals surface area (Å²) in [6.07, 6.45) is 6.06. The predicted molar refractivity (Wildman–Crippen MR) is 99.6 cm³/mol. The quantitative estimate of drug-likeness (QED) is 0.476. The van der Waals surface area contributed by atoms with Crippen molar-refractivity contribution >= 4 is 18.1 Å². The Hall–Kier alpha value is -3.01. The summed E-state index contributed by atoms with van der Waals surface area (Å²) < 4.78 is 4.66. The minimum atomic E-state index is -0.377. The first-order valence-corrected chi connectivity index (χ1v) is 7.95. The van der Waals surface area contributed by atoms with Gasteiger partial charge in [0.2, 0.25) is 0 Å². The first kappa shape index (κ1) is 18.3. The van der Waals surface area contributed by atoms with Crippen LogP contribution in [0.2, 0.25) is 0 Å². The number of hydrogen-bond acceptors (Lipinski definition) is 4. The molecule has 0 aliphatic carbocycles. The summed E-state index contributed by atoms with van der Waals surface area (Å²) in [4.78, 5) is 11.4. The molecule has 2 aromatic carbocycles. The molecule has 0 spiro atoms. The van der Waals surface area contributed by atoms with Gasteiger partial charge in [-0.25, -0.2) is 4.79 Å². The molecule has 0 amide bonds. The lowest BCUT2D eigenvalue weighted by molar-refractivity contribution is 0.0600. The fourth-order valence-electron chi connectivity index (χ4n) is 2.32. The lowest BCUT2D eigenvalue weighted by atomic mass is 10.0. The summed E-state index contributed by atoms with van der Waals surface area (Å²) in [6, 6.07) is 10.2. The average molecular weight is 338 g/mol. The molecule has 2 aromatic rings. The highest BCUT2D eigenvalue weighted by molar-refractivity contribution is 5.89. The van der Waals surface area contributed by atoms with E-state index >= 15 is 0 Å². The fraction of sp³-hybridized carbons (Fsp3) is 0.190. The zero-order valence-electron chi connectivity index (χ0n) is 14.6. The standard InChI is InChI=1S/C21H22O4/c1-14(2)4-11-18-19(22)12-16(13-20(18)23)6-5-15-7-9-17(10-8-15)21(24)25-3/h4-10,12-13,22-23H,11H2,1-3H3/b6-5+. The second kappa shape index (κ2) is 8.20. The summed E-state index contributed by atoms with van der Waals surface area (Å²) in [5, 5.41) is 20.3. The maximum atomic E-state index is 11.4. The van der Waals surface area contributed by atoms with Crippen LogP contribution in [0.5, 0.6) is 11.5 Å². The maximum absolute atomic E-state index is 11.4. The SMILES string of the molecule is COC(=O)c1ccc(/C=C/c2cc(O)c(CC=C(C)C)c(O)c2)cc1. The first-order valence-electron chi connectivity index (χ1n) is 7.95. The van der Waals surface area contributed by atoms with Crippen LogP contribution in [0, 0.1) is 0 Å². The third-order valence-corrected chi connectivity index (χ3v) is 3.74. The van der Waals surface area contributed by atoms with Crippen molar-refractivity contribution in [3.8, 4) is 11.5 Å². The number of ether oxygens (including phenoxy) is 1. The predicted octanol–water partition coefficient (Wildman–Crippen LogP) is 4.56. The molecule has 0 fully saturated rings. The van der Waals surface area contributed by atoms with Gasteiger partial charge in [-0.3, -0.25) is 0 Å². The summed E-state index contributed by atoms with van der Waals surface area (Å²) in [5.41, 5.74) is 3.70. The molecular weight excluding hydrogens is 316 g/mol. The van der Waals surface area contributed by atoms with Gasteiger partial charge < -0.3 is 14.9 Å². The molecule has 2 rings (SSSR count). The van der Waals surface area contributed by atoms with E-state index in [4.69, 9.17) is 0 Å². The van der Waals surface area contributed by atoms with E-state index in [1.54, 1.807) is 42.5 Å². The molecule has 130 valence electrons. The number of phenolic OH excluding ortho intramolecular Hbond substituents is 2. The summed E-state index contributed by atoms with van der Waals surface area (Å²) in [7, 11) is 1.34. The Balaban J connectivity index is 2.18. The first-order chi connectivity index (χ1) is 11.9. The van der Waals surface area contributed by atoms with Gasteiger partial charge in [0.25, 0.3) is 0 Å². The molecule has 0 unspecified atom stereocenters. The Kier molecular flexibility index (Phi) is 6.01. The Morgan fingerprint density at radius 1 is 1.00 bits per heavy atom. The number of esters is 1. The van der Waals surface area contributed by atoms with E-state index in [0.29, 0.717) is 23.1 Å². The molecule has 0 saturated heterocycles. The summed E-state index contributed by atoms with van der Waals surface area (Å²) in [5.74, 6) is -0.242. The van der Waals surface area contributed by atoms with Crippen molar-refractivity contribution in [3.05, 3.63) is 70.3 Å². The van der Waals surface area contributed by atoms with Crippen LogP contribution < -0.4 is 0 Å². The van der Waals surface area contributed by atoms with Crippen molar-refractivity contribution in [2.24, 2.45) is 0 Å². The molecule has 0 atom stereocenters. The molecule has 0 aliphatic heterocycles. The molecule has 0 heterocycles. The lowest BCUT2D eigenvalue weighted by Crippen LogP contribution is -2.00. The van der Waals surface area contributed by atoms with Gasteiger partial charge in [-0.05, 0) is 55.7 Å². The Labute approximate surface area is 147 Å². The van der Waals surface area contributed by atoms with Gasteiger partial charge in [-0.15, -0.1) is 0 Å². The van der Waals surface area contributed by atoms with Crippen molar-refractivity contribution in [1.82, 2.24) is 0 Å². The largest absolute Gasteiger partial charge is 0.507 e. The van der Waals surface area contributed by atoms with E-state index in [2.05, 4.69) is 4.74 Å². The van der Waals surface area contributed by atoms with Crippen LogP contribution in [-0.2, 0) is 11.2 Å². The zero-order chi connectivity index (χ0) is 18.4. The highest BCUT2D eigenvalue weighted by atomic mass is 16.5. The van der Waals surface area contributed by atoms with E-state index in [1.165, 1.54) is 7.11 Å². The Morgan fingerprint density at radius 3 is 2.08 bits per heavy atom. The molecule has 4 nitrogen and oxygen atoms in total. The molecule has 0 aromatic heterocycles. The topological polar surface area (TPSA) is 66.8 Å². The number of phenols is 2. The van der Waals surface area contributed by atoms with E-state index in [9.17, 15) is 15.0 Å². The number of hydrogen-bond donors (Lipinski definition) is 2. The van der Waals surface area contributed by atoms with E-state index in [-0.39, 0.29) is 17.5 Å². The van der Waals surface area contributed by atoms with Gasteiger partial charge in [0.05, 0.1) is 12.7 Å². The minimum absolute atomic E-state index is 0.0678. The van der Waals surface area contributed by atoms with Gasteiger partial charge >= 0.3 is 5.97 Å². The van der Waals surface area contributed by atoms with Crippen molar-refractivity contribution in [3.63, 3.8) is 0 Å². The van der Waals surface area contributed by atoms with Crippen LogP contribution in [0.3, 0.4) is 0 Å². The van der Waals surface area contributed by atoms with Gasteiger partial charge in [-0.1, -0.05) is 35.9 Å². The smallest absolute Gasteiger partial charge is 0.337 e. The number of carbonyl (C=O) groups is 1. The second-order valence-corrected chi connectivity index (χ2v) is 5.97. The van der Waals surface area contributed by atoms with Crippen molar-refractivity contribution in [1.29, 1.82) is 0 Å². The Morgan fingerprint density at radius 2 is 1.56 bits per heavy atom. The number of carbonyl (C=O) groups excluding carboxylic acids is 1.